The first-order chi connectivity index (χ1) is 18.2. The number of hydrogen-bond acceptors (Lipinski definition) is 3. The van der Waals surface area contributed by atoms with E-state index in [0.717, 1.165) is 27.8 Å². The number of hydrogen-bond donors (Lipinski definition) is 2. The van der Waals surface area contributed by atoms with E-state index in [4.69, 9.17) is 4.74 Å². The fraction of sp³-hybridized carbons (Fsp3) is 0.226. The van der Waals surface area contributed by atoms with E-state index in [1.165, 1.54) is 10.8 Å². The molecule has 1 heterocycles. The van der Waals surface area contributed by atoms with E-state index in [2.05, 4.69) is 5.32 Å². The van der Waals surface area contributed by atoms with Gasteiger partial charge in [0, 0.05) is 13.2 Å². The summed E-state index contributed by atoms with van der Waals surface area (Å²) in [7, 11) is 1.66. The first kappa shape index (κ1) is 25.3. The summed E-state index contributed by atoms with van der Waals surface area (Å²) >= 11 is 0. The molecule has 0 bridgehead atoms. The molecule has 38 heavy (non-hydrogen) atoms. The number of nitrogens with one attached hydrogen (secondary N) is 1. The van der Waals surface area contributed by atoms with E-state index >= 15 is 0 Å². The molecular formula is C31H29FN2O4. The molecule has 1 aliphatic rings. The molecule has 3 aromatic carbocycles. The van der Waals surface area contributed by atoms with Crippen molar-refractivity contribution in [3.63, 3.8) is 0 Å². The third-order valence-electron chi connectivity index (χ3n) is 7.37. The van der Waals surface area contributed by atoms with Crippen LogP contribution in [0.2, 0.25) is 0 Å². The Balaban J connectivity index is 1.34. The van der Waals surface area contributed by atoms with Crippen LogP contribution in [-0.4, -0.2) is 21.7 Å². The Hall–Kier alpha value is -4.39. The summed E-state index contributed by atoms with van der Waals surface area (Å²) < 4.78 is 22.1. The second-order valence-corrected chi connectivity index (χ2v) is 9.88. The third-order valence-corrected chi connectivity index (χ3v) is 7.37. The maximum atomic E-state index is 15.0. The molecule has 194 valence electrons. The second kappa shape index (κ2) is 9.82. The number of aryl methyl sites for hydroxylation is 2. The van der Waals surface area contributed by atoms with Gasteiger partial charge in [0.15, 0.2) is 5.82 Å². The number of benzene rings is 3. The molecule has 0 aliphatic heterocycles. The van der Waals surface area contributed by atoms with Crippen LogP contribution in [0.3, 0.4) is 0 Å². The Bertz CT molecular complexity index is 1500. The molecule has 7 heteroatoms. The average molecular weight is 513 g/mol. The quantitative estimate of drug-likeness (QED) is 0.274. The highest BCUT2D eigenvalue weighted by molar-refractivity contribution is 5.91. The van der Waals surface area contributed by atoms with Crippen molar-refractivity contribution in [3.05, 3.63) is 102 Å². The lowest BCUT2D eigenvalue weighted by molar-refractivity contribution is -0.140. The Morgan fingerprint density at radius 1 is 0.974 bits per heavy atom. The molecule has 0 radical (unpaired) electrons. The van der Waals surface area contributed by atoms with Crippen LogP contribution >= 0.6 is 0 Å². The molecule has 1 atom stereocenters. The fourth-order valence-electron chi connectivity index (χ4n) is 4.97. The van der Waals surface area contributed by atoms with Crippen LogP contribution in [0.4, 0.5) is 15.0 Å². The number of carbonyl (C=O) groups is 2. The Labute approximate surface area is 220 Å². The van der Waals surface area contributed by atoms with Gasteiger partial charge in [-0.2, -0.15) is 0 Å². The Morgan fingerprint density at radius 2 is 1.55 bits per heavy atom. The highest BCUT2D eigenvalue weighted by atomic mass is 19.1. The fourth-order valence-corrected chi connectivity index (χ4v) is 4.97. The molecule has 2 N–H and O–H groups in total. The third kappa shape index (κ3) is 4.67. The average Bonchev–Trinajstić information content (AvgIpc) is 3.66. The van der Waals surface area contributed by atoms with Crippen molar-refractivity contribution in [2.45, 2.75) is 38.2 Å². The molecule has 0 saturated heterocycles. The van der Waals surface area contributed by atoms with Crippen LogP contribution < -0.4 is 5.32 Å². The molecule has 1 aliphatic carbocycles. The van der Waals surface area contributed by atoms with Crippen molar-refractivity contribution in [2.24, 2.45) is 7.05 Å². The minimum Gasteiger partial charge on any atom is -0.481 e. The van der Waals surface area contributed by atoms with E-state index in [1.54, 1.807) is 26.1 Å². The molecule has 0 unspecified atom stereocenters. The smallest absolute Gasteiger partial charge is 0.413 e. The van der Waals surface area contributed by atoms with Crippen molar-refractivity contribution in [1.82, 2.24) is 4.57 Å². The largest absolute Gasteiger partial charge is 0.481 e. The molecule has 1 fully saturated rings. The normalized spacial score (nSPS) is 14.5. The van der Waals surface area contributed by atoms with E-state index < -0.39 is 29.4 Å². The number of amides is 1. The molecular weight excluding hydrogens is 483 g/mol. The lowest BCUT2D eigenvalue weighted by Crippen LogP contribution is -2.19. The van der Waals surface area contributed by atoms with Crippen LogP contribution in [0.15, 0.2) is 79.0 Å². The zero-order valence-electron chi connectivity index (χ0n) is 21.5. The Morgan fingerprint density at radius 3 is 2.13 bits per heavy atom. The van der Waals surface area contributed by atoms with Gasteiger partial charge in [-0.15, -0.1) is 0 Å². The number of ether oxygens (including phenoxy) is 1. The highest BCUT2D eigenvalue weighted by Crippen LogP contribution is 2.48. The van der Waals surface area contributed by atoms with Crippen LogP contribution in [-0.2, 0) is 22.0 Å². The number of carboxylic acids is 1. The SMILES string of the molecule is Cc1ccccc1[C@@H](C)OC(=O)Nc1c(-c2ccc(-c3ccc(C4(C(=O)O)CC4)cc3)cc2)c(F)cn1C. The summed E-state index contributed by atoms with van der Waals surface area (Å²) in [5, 5.41) is 12.2. The number of nitrogens with zero attached hydrogens (tertiary/aromatic N) is 1. The van der Waals surface area contributed by atoms with Gasteiger partial charge in [0.2, 0.25) is 0 Å². The first-order valence-electron chi connectivity index (χ1n) is 12.5. The van der Waals surface area contributed by atoms with E-state index in [9.17, 15) is 19.1 Å². The standard InChI is InChI=1S/C31H29FN2O4/c1-19-6-4-5-7-25(19)20(2)38-30(37)33-28-27(26(32)18-34(28)3)23-10-8-21(9-11-23)22-12-14-24(15-13-22)31(16-17-31)29(35)36/h4-15,18,20H,16-17H2,1-3H3,(H,33,37)(H,35,36)/t20-/m1/s1. The lowest BCUT2D eigenvalue weighted by atomic mass is 9.93. The summed E-state index contributed by atoms with van der Waals surface area (Å²) in [4.78, 5) is 24.3. The summed E-state index contributed by atoms with van der Waals surface area (Å²) in [6.07, 6.45) is 1.50. The van der Waals surface area contributed by atoms with Crippen LogP contribution in [0.5, 0.6) is 0 Å². The Kier molecular flexibility index (Phi) is 6.53. The molecule has 1 aromatic heterocycles. The van der Waals surface area contributed by atoms with Gasteiger partial charge < -0.3 is 14.4 Å². The van der Waals surface area contributed by atoms with Crippen LogP contribution in [0.25, 0.3) is 22.3 Å². The predicted octanol–water partition coefficient (Wildman–Crippen LogP) is 7.23. The predicted molar refractivity (Wildman–Crippen MR) is 144 cm³/mol. The van der Waals surface area contributed by atoms with Crippen molar-refractivity contribution in [2.75, 3.05) is 5.32 Å². The van der Waals surface area contributed by atoms with Gasteiger partial charge in [-0.05, 0) is 60.1 Å². The van der Waals surface area contributed by atoms with Gasteiger partial charge >= 0.3 is 12.1 Å². The van der Waals surface area contributed by atoms with E-state index in [1.807, 2.05) is 67.6 Å². The van der Waals surface area contributed by atoms with Crippen molar-refractivity contribution in [3.8, 4) is 22.3 Å². The van der Waals surface area contributed by atoms with Crippen molar-refractivity contribution >= 4 is 17.9 Å². The maximum Gasteiger partial charge on any atom is 0.413 e. The second-order valence-electron chi connectivity index (χ2n) is 9.88. The number of halogens is 1. The number of aromatic nitrogens is 1. The van der Waals surface area contributed by atoms with Gasteiger partial charge in [-0.25, -0.2) is 9.18 Å². The number of carbonyl (C=O) groups excluding carboxylic acids is 1. The molecule has 6 nitrogen and oxygen atoms in total. The van der Waals surface area contributed by atoms with Crippen LogP contribution in [0.1, 0.15) is 42.6 Å². The van der Waals surface area contributed by atoms with Gasteiger partial charge in [0.05, 0.1) is 11.0 Å². The van der Waals surface area contributed by atoms with Crippen molar-refractivity contribution in [1.29, 1.82) is 0 Å². The zero-order chi connectivity index (χ0) is 27.0. The molecule has 4 aromatic rings. The van der Waals surface area contributed by atoms with Gasteiger partial charge in [-0.1, -0.05) is 72.8 Å². The van der Waals surface area contributed by atoms with Gasteiger partial charge in [0.1, 0.15) is 11.9 Å². The topological polar surface area (TPSA) is 80.6 Å². The van der Waals surface area contributed by atoms with E-state index in [0.29, 0.717) is 24.2 Å². The summed E-state index contributed by atoms with van der Waals surface area (Å²) in [5.74, 6) is -0.947. The number of aliphatic carboxylic acids is 1. The lowest BCUT2D eigenvalue weighted by Gasteiger charge is -2.17. The minimum absolute atomic E-state index is 0.270. The summed E-state index contributed by atoms with van der Waals surface area (Å²) in [6.45, 7) is 3.75. The highest BCUT2D eigenvalue weighted by Gasteiger charge is 2.51. The number of carboxylic acid groups (broad SMARTS) is 1. The summed E-state index contributed by atoms with van der Waals surface area (Å²) in [5.41, 5.74) is 4.72. The molecule has 5 rings (SSSR count). The van der Waals surface area contributed by atoms with Crippen LogP contribution in [0, 0.1) is 12.7 Å². The van der Waals surface area contributed by atoms with Gasteiger partial charge in [-0.3, -0.25) is 10.1 Å². The molecule has 1 saturated carbocycles. The van der Waals surface area contributed by atoms with Gasteiger partial charge in [0.25, 0.3) is 0 Å². The monoisotopic (exact) mass is 512 g/mol. The zero-order valence-corrected chi connectivity index (χ0v) is 21.5. The number of anilines is 1. The maximum absolute atomic E-state index is 15.0. The first-order valence-corrected chi connectivity index (χ1v) is 12.5. The summed E-state index contributed by atoms with van der Waals surface area (Å²) in [6, 6.07) is 22.6. The minimum atomic E-state index is -0.780. The number of rotatable bonds is 7. The van der Waals surface area contributed by atoms with Crippen molar-refractivity contribution < 1.29 is 23.8 Å². The molecule has 1 amide bonds. The molecule has 0 spiro atoms. The van der Waals surface area contributed by atoms with E-state index in [-0.39, 0.29) is 5.56 Å².